The Morgan fingerprint density at radius 2 is 1.78 bits per heavy atom. The molecule has 0 spiro atoms. The molecular weight excluding hydrogens is 400 g/mol. The molecule has 1 aliphatic carbocycles. The van der Waals surface area contributed by atoms with Crippen molar-refractivity contribution >= 4 is 23.3 Å². The minimum atomic E-state index is -0.797. The van der Waals surface area contributed by atoms with Crippen LogP contribution < -0.4 is 10.2 Å². The lowest BCUT2D eigenvalue weighted by Crippen LogP contribution is -2.43. The zero-order chi connectivity index (χ0) is 22.7. The molecule has 1 saturated carbocycles. The average molecular weight is 435 g/mol. The van der Waals surface area contributed by atoms with Gasteiger partial charge in [-0.15, -0.1) is 0 Å². The van der Waals surface area contributed by atoms with Gasteiger partial charge in [0.1, 0.15) is 0 Å². The first-order valence-corrected chi connectivity index (χ1v) is 11.9. The number of amides is 1. The predicted molar refractivity (Wildman–Crippen MR) is 128 cm³/mol. The average Bonchev–Trinajstić information content (AvgIpc) is 2.78. The minimum Gasteiger partial charge on any atom is -0.481 e. The molecule has 1 fully saturated rings. The van der Waals surface area contributed by atoms with Crippen molar-refractivity contribution in [2.24, 2.45) is 0 Å². The molecule has 2 aromatic carbocycles. The first-order valence-electron chi connectivity index (χ1n) is 11.9. The highest BCUT2D eigenvalue weighted by molar-refractivity contribution is 5.93. The van der Waals surface area contributed by atoms with Gasteiger partial charge in [-0.2, -0.15) is 0 Å². The van der Waals surface area contributed by atoms with E-state index in [0.29, 0.717) is 12.3 Å². The smallest absolute Gasteiger partial charge is 0.303 e. The number of carbonyl (C=O) groups excluding carboxylic acids is 1. The molecule has 0 saturated heterocycles. The molecule has 2 atom stereocenters. The normalized spacial score (nSPS) is 21.1. The summed E-state index contributed by atoms with van der Waals surface area (Å²) in [5.74, 6) is -0.0732. The number of aliphatic carboxylic acids is 1. The maximum atomic E-state index is 12.4. The maximum Gasteiger partial charge on any atom is 0.303 e. The van der Waals surface area contributed by atoms with Crippen LogP contribution in [-0.2, 0) is 16.0 Å². The molecule has 1 amide bonds. The van der Waals surface area contributed by atoms with Gasteiger partial charge >= 0.3 is 5.97 Å². The van der Waals surface area contributed by atoms with Crippen LogP contribution in [0.3, 0.4) is 0 Å². The number of benzene rings is 2. The molecule has 2 N–H and O–H groups in total. The van der Waals surface area contributed by atoms with E-state index in [-0.39, 0.29) is 24.4 Å². The molecule has 0 bridgehead atoms. The molecular formula is C27H34N2O3. The number of anilines is 2. The summed E-state index contributed by atoms with van der Waals surface area (Å²) in [5.41, 5.74) is 5.50. The second kappa shape index (κ2) is 9.76. The third-order valence-electron chi connectivity index (χ3n) is 7.04. The Bertz CT molecular complexity index is 963. The monoisotopic (exact) mass is 434 g/mol. The number of carbonyl (C=O) groups is 2. The first-order chi connectivity index (χ1) is 15.4. The highest BCUT2D eigenvalue weighted by Gasteiger charge is 2.32. The minimum absolute atomic E-state index is 0.0346. The topological polar surface area (TPSA) is 69.6 Å². The van der Waals surface area contributed by atoms with Crippen LogP contribution in [-0.4, -0.2) is 23.0 Å². The van der Waals surface area contributed by atoms with Crippen LogP contribution in [0.15, 0.2) is 42.5 Å². The Hall–Kier alpha value is -2.82. The van der Waals surface area contributed by atoms with Gasteiger partial charge in [0.05, 0.1) is 6.04 Å². The molecule has 2 aliphatic rings. The van der Waals surface area contributed by atoms with E-state index in [1.54, 1.807) is 6.92 Å². The fourth-order valence-electron chi connectivity index (χ4n) is 5.43. The van der Waals surface area contributed by atoms with Crippen molar-refractivity contribution in [2.45, 2.75) is 83.2 Å². The van der Waals surface area contributed by atoms with Gasteiger partial charge in [-0.25, -0.2) is 0 Å². The fourth-order valence-corrected chi connectivity index (χ4v) is 5.43. The molecule has 4 rings (SSSR count). The van der Waals surface area contributed by atoms with Gasteiger partial charge in [-0.1, -0.05) is 43.5 Å². The van der Waals surface area contributed by atoms with E-state index in [0.717, 1.165) is 28.9 Å². The van der Waals surface area contributed by atoms with E-state index in [2.05, 4.69) is 42.6 Å². The number of hydrogen-bond donors (Lipinski definition) is 2. The Balaban J connectivity index is 1.57. The van der Waals surface area contributed by atoms with Crippen LogP contribution in [0.25, 0.3) is 0 Å². The van der Waals surface area contributed by atoms with E-state index in [1.165, 1.54) is 37.7 Å². The van der Waals surface area contributed by atoms with Gasteiger partial charge < -0.3 is 15.3 Å². The Morgan fingerprint density at radius 1 is 1.06 bits per heavy atom. The molecule has 2 unspecified atom stereocenters. The highest BCUT2D eigenvalue weighted by Crippen LogP contribution is 2.40. The number of carboxylic acids is 1. The van der Waals surface area contributed by atoms with Crippen LogP contribution in [0, 0.1) is 0 Å². The van der Waals surface area contributed by atoms with E-state index in [9.17, 15) is 9.59 Å². The van der Waals surface area contributed by atoms with Crippen molar-refractivity contribution < 1.29 is 14.7 Å². The first kappa shape index (κ1) is 22.4. The number of rotatable bonds is 6. The summed E-state index contributed by atoms with van der Waals surface area (Å²) in [6.45, 7) is 3.69. The highest BCUT2D eigenvalue weighted by atomic mass is 16.4. The zero-order valence-corrected chi connectivity index (χ0v) is 19.1. The molecule has 2 aromatic rings. The lowest BCUT2D eigenvalue weighted by molar-refractivity contribution is -0.137. The number of nitrogens with one attached hydrogen (secondary N) is 1. The summed E-state index contributed by atoms with van der Waals surface area (Å²) in [4.78, 5) is 25.2. The van der Waals surface area contributed by atoms with Gasteiger partial charge in [-0.3, -0.25) is 9.59 Å². The Labute approximate surface area is 190 Å². The molecule has 170 valence electrons. The standard InChI is InChI=1S/C27H34N2O3/c1-18-16-25(28-23-12-10-22(11-13-23)21-6-4-3-5-7-21)24-17-20(9-15-27(31)32)8-14-26(24)29(18)19(2)30/h8,10-14,17-18,21,25,28H,3-7,9,15-16H2,1-2H3,(H,31,32). The third kappa shape index (κ3) is 4.98. The molecule has 0 radical (unpaired) electrons. The van der Waals surface area contributed by atoms with Crippen molar-refractivity contribution in [2.75, 3.05) is 10.2 Å². The molecule has 0 aromatic heterocycles. The van der Waals surface area contributed by atoms with Crippen molar-refractivity contribution in [3.8, 4) is 0 Å². The molecule has 5 heteroatoms. The number of hydrogen-bond acceptors (Lipinski definition) is 3. The van der Waals surface area contributed by atoms with Crippen molar-refractivity contribution in [1.29, 1.82) is 0 Å². The van der Waals surface area contributed by atoms with E-state index >= 15 is 0 Å². The van der Waals surface area contributed by atoms with Crippen LogP contribution in [0.1, 0.15) is 87.4 Å². The molecule has 5 nitrogen and oxygen atoms in total. The molecule has 1 aliphatic heterocycles. The summed E-state index contributed by atoms with van der Waals surface area (Å²) in [6, 6.07) is 15.0. The molecule has 1 heterocycles. The van der Waals surface area contributed by atoms with Crippen LogP contribution >= 0.6 is 0 Å². The fraction of sp³-hybridized carbons (Fsp3) is 0.481. The summed E-state index contributed by atoms with van der Waals surface area (Å²) in [5, 5.41) is 12.8. The van der Waals surface area contributed by atoms with Crippen LogP contribution in [0.2, 0.25) is 0 Å². The second-order valence-electron chi connectivity index (χ2n) is 9.41. The summed E-state index contributed by atoms with van der Waals surface area (Å²) in [7, 11) is 0. The van der Waals surface area contributed by atoms with E-state index < -0.39 is 5.97 Å². The SMILES string of the molecule is CC(=O)N1c2ccc(CCC(=O)O)cc2C(Nc2ccc(C3CCCCC3)cc2)CC1C. The maximum absolute atomic E-state index is 12.4. The summed E-state index contributed by atoms with van der Waals surface area (Å²) in [6.07, 6.45) is 8.00. The molecule has 32 heavy (non-hydrogen) atoms. The predicted octanol–water partition coefficient (Wildman–Crippen LogP) is 6.05. The Morgan fingerprint density at radius 3 is 2.44 bits per heavy atom. The Kier molecular flexibility index (Phi) is 6.83. The number of aryl methyl sites for hydroxylation is 1. The quantitative estimate of drug-likeness (QED) is 0.581. The van der Waals surface area contributed by atoms with Gasteiger partial charge in [0, 0.05) is 30.8 Å². The van der Waals surface area contributed by atoms with Gasteiger partial charge in [0.25, 0.3) is 0 Å². The van der Waals surface area contributed by atoms with Gasteiger partial charge in [-0.05, 0) is 73.4 Å². The van der Waals surface area contributed by atoms with Crippen molar-refractivity contribution in [3.05, 3.63) is 59.2 Å². The third-order valence-corrected chi connectivity index (χ3v) is 7.04. The van der Waals surface area contributed by atoms with Crippen LogP contribution in [0.5, 0.6) is 0 Å². The van der Waals surface area contributed by atoms with E-state index in [1.807, 2.05) is 17.0 Å². The zero-order valence-electron chi connectivity index (χ0n) is 19.1. The van der Waals surface area contributed by atoms with Gasteiger partial charge in [0.2, 0.25) is 5.91 Å². The van der Waals surface area contributed by atoms with Crippen LogP contribution in [0.4, 0.5) is 11.4 Å². The summed E-state index contributed by atoms with van der Waals surface area (Å²) < 4.78 is 0. The summed E-state index contributed by atoms with van der Waals surface area (Å²) >= 11 is 0. The number of fused-ring (bicyclic) bond motifs is 1. The van der Waals surface area contributed by atoms with Crippen molar-refractivity contribution in [3.63, 3.8) is 0 Å². The lowest BCUT2D eigenvalue weighted by atomic mass is 9.84. The van der Waals surface area contributed by atoms with Crippen molar-refractivity contribution in [1.82, 2.24) is 0 Å². The van der Waals surface area contributed by atoms with Gasteiger partial charge in [0.15, 0.2) is 0 Å². The second-order valence-corrected chi connectivity index (χ2v) is 9.41. The lowest BCUT2D eigenvalue weighted by Gasteiger charge is -2.40. The number of carboxylic acid groups (broad SMARTS) is 1. The van der Waals surface area contributed by atoms with E-state index in [4.69, 9.17) is 5.11 Å². The number of nitrogens with zero attached hydrogens (tertiary/aromatic N) is 1. The largest absolute Gasteiger partial charge is 0.481 e.